The van der Waals surface area contributed by atoms with E-state index in [4.69, 9.17) is 4.74 Å². The summed E-state index contributed by atoms with van der Waals surface area (Å²) in [5, 5.41) is 12.2. The summed E-state index contributed by atoms with van der Waals surface area (Å²) >= 11 is 0. The van der Waals surface area contributed by atoms with Crippen LogP contribution in [0.15, 0.2) is 12.1 Å². The molecule has 0 aromatic heterocycles. The highest BCUT2D eigenvalue weighted by Gasteiger charge is 2.22. The topological polar surface area (TPSA) is 58.6 Å². The molecule has 2 rings (SSSR count). The van der Waals surface area contributed by atoms with E-state index in [-0.39, 0.29) is 11.7 Å². The summed E-state index contributed by atoms with van der Waals surface area (Å²) < 4.78 is 4.90. The second-order valence-electron chi connectivity index (χ2n) is 2.88. The van der Waals surface area contributed by atoms with Gasteiger partial charge in [-0.15, -0.1) is 0 Å². The number of rotatable bonds is 1. The van der Waals surface area contributed by atoms with Gasteiger partial charge in [0, 0.05) is 0 Å². The van der Waals surface area contributed by atoms with Gasteiger partial charge >= 0.3 is 0 Å². The molecule has 0 aliphatic carbocycles. The number of amides is 1. The molecule has 68 valence electrons. The van der Waals surface area contributed by atoms with E-state index in [1.807, 2.05) is 0 Å². The fourth-order valence-corrected chi connectivity index (χ4v) is 1.42. The molecule has 0 unspecified atom stereocenters. The van der Waals surface area contributed by atoms with Crippen molar-refractivity contribution >= 4 is 11.6 Å². The van der Waals surface area contributed by atoms with Crippen LogP contribution in [0.4, 0.5) is 5.69 Å². The van der Waals surface area contributed by atoms with Gasteiger partial charge in [0.15, 0.2) is 11.5 Å². The number of fused-ring (bicyclic) bond motifs is 1. The number of nitrogens with one attached hydrogen (secondary N) is 1. The highest BCUT2D eigenvalue weighted by Crippen LogP contribution is 2.39. The standard InChI is InChI=1S/C9H9NO3/c1-13-6-3-2-5-4-7(11)10-8(5)9(6)12/h2-3,12H,4H2,1H3,(H,10,11). The van der Waals surface area contributed by atoms with Gasteiger partial charge in [-0.1, -0.05) is 6.07 Å². The van der Waals surface area contributed by atoms with E-state index in [1.165, 1.54) is 7.11 Å². The first-order valence-electron chi connectivity index (χ1n) is 3.91. The molecule has 1 aliphatic rings. The Morgan fingerprint density at radius 1 is 1.54 bits per heavy atom. The average molecular weight is 179 g/mol. The molecule has 4 nitrogen and oxygen atoms in total. The summed E-state index contributed by atoms with van der Waals surface area (Å²) in [4.78, 5) is 11.0. The van der Waals surface area contributed by atoms with Crippen molar-refractivity contribution in [3.8, 4) is 11.5 Å². The van der Waals surface area contributed by atoms with Crippen molar-refractivity contribution in [2.45, 2.75) is 6.42 Å². The van der Waals surface area contributed by atoms with Crippen LogP contribution in [0.5, 0.6) is 11.5 Å². The lowest BCUT2D eigenvalue weighted by molar-refractivity contribution is -0.115. The largest absolute Gasteiger partial charge is 0.503 e. The molecule has 0 atom stereocenters. The minimum atomic E-state index is -0.0986. The predicted molar refractivity (Wildman–Crippen MR) is 47.0 cm³/mol. The molecule has 1 heterocycles. The second-order valence-corrected chi connectivity index (χ2v) is 2.88. The second kappa shape index (κ2) is 2.65. The van der Waals surface area contributed by atoms with Gasteiger partial charge in [0.05, 0.1) is 19.2 Å². The molecular formula is C9H9NO3. The van der Waals surface area contributed by atoms with Crippen LogP contribution >= 0.6 is 0 Å². The number of phenolic OH excluding ortho intramolecular Hbond substituents is 1. The Kier molecular flexibility index (Phi) is 1.62. The van der Waals surface area contributed by atoms with Crippen LogP contribution in [0.3, 0.4) is 0 Å². The Balaban J connectivity index is 2.54. The monoisotopic (exact) mass is 179 g/mol. The van der Waals surface area contributed by atoms with E-state index in [1.54, 1.807) is 12.1 Å². The van der Waals surface area contributed by atoms with Gasteiger partial charge in [-0.3, -0.25) is 4.79 Å². The number of carbonyl (C=O) groups is 1. The zero-order valence-corrected chi connectivity index (χ0v) is 7.13. The third kappa shape index (κ3) is 1.11. The Bertz CT molecular complexity index is 373. The van der Waals surface area contributed by atoms with Crippen molar-refractivity contribution in [3.05, 3.63) is 17.7 Å². The minimum Gasteiger partial charge on any atom is -0.503 e. The summed E-state index contributed by atoms with van der Waals surface area (Å²) in [6.07, 6.45) is 0.326. The van der Waals surface area contributed by atoms with Gasteiger partial charge in [0.2, 0.25) is 5.91 Å². The van der Waals surface area contributed by atoms with Crippen LogP contribution in [0.25, 0.3) is 0 Å². The lowest BCUT2D eigenvalue weighted by atomic mass is 10.1. The number of anilines is 1. The van der Waals surface area contributed by atoms with E-state index in [0.29, 0.717) is 17.9 Å². The molecule has 1 aliphatic heterocycles. The number of phenols is 1. The molecule has 1 aromatic carbocycles. The molecule has 0 saturated heterocycles. The van der Waals surface area contributed by atoms with Gasteiger partial charge in [-0.05, 0) is 11.6 Å². The van der Waals surface area contributed by atoms with Crippen LogP contribution in [0, 0.1) is 0 Å². The lowest BCUT2D eigenvalue weighted by Crippen LogP contribution is -2.03. The summed E-state index contributed by atoms with van der Waals surface area (Å²) in [5.74, 6) is 0.283. The number of methoxy groups -OCH3 is 1. The Hall–Kier alpha value is -1.71. The van der Waals surface area contributed by atoms with Crippen molar-refractivity contribution in [1.82, 2.24) is 0 Å². The highest BCUT2D eigenvalue weighted by atomic mass is 16.5. The van der Waals surface area contributed by atoms with Gasteiger partial charge < -0.3 is 15.2 Å². The molecule has 0 bridgehead atoms. The molecule has 1 aromatic rings. The van der Waals surface area contributed by atoms with Gasteiger partial charge in [-0.25, -0.2) is 0 Å². The van der Waals surface area contributed by atoms with Crippen molar-refractivity contribution in [3.63, 3.8) is 0 Å². The normalized spacial score (nSPS) is 13.8. The molecule has 0 spiro atoms. The summed E-state index contributed by atoms with van der Waals surface area (Å²) in [6.45, 7) is 0. The number of carbonyl (C=O) groups excluding carboxylic acids is 1. The maximum absolute atomic E-state index is 11.0. The van der Waals surface area contributed by atoms with Crippen LogP contribution in [-0.2, 0) is 11.2 Å². The van der Waals surface area contributed by atoms with Crippen molar-refractivity contribution < 1.29 is 14.6 Å². The minimum absolute atomic E-state index is 0.00542. The Morgan fingerprint density at radius 3 is 3.00 bits per heavy atom. The summed E-state index contributed by atoms with van der Waals surface area (Å²) in [6, 6.07) is 3.42. The fourth-order valence-electron chi connectivity index (χ4n) is 1.42. The first-order valence-corrected chi connectivity index (χ1v) is 3.91. The van der Waals surface area contributed by atoms with E-state index >= 15 is 0 Å². The first kappa shape index (κ1) is 7.91. The average Bonchev–Trinajstić information content (AvgIpc) is 2.47. The van der Waals surface area contributed by atoms with Crippen LogP contribution in [-0.4, -0.2) is 18.1 Å². The lowest BCUT2D eigenvalue weighted by Gasteiger charge is -2.06. The number of hydrogen-bond acceptors (Lipinski definition) is 3. The maximum Gasteiger partial charge on any atom is 0.228 e. The smallest absolute Gasteiger partial charge is 0.228 e. The van der Waals surface area contributed by atoms with Gasteiger partial charge in [-0.2, -0.15) is 0 Å². The van der Waals surface area contributed by atoms with Crippen LogP contribution < -0.4 is 10.1 Å². The molecule has 13 heavy (non-hydrogen) atoms. The molecule has 4 heteroatoms. The number of hydrogen-bond donors (Lipinski definition) is 2. The summed E-state index contributed by atoms with van der Waals surface area (Å²) in [5.41, 5.74) is 1.28. The maximum atomic E-state index is 11.0. The quantitative estimate of drug-likeness (QED) is 0.629. The SMILES string of the molecule is COc1ccc2c(c1O)NC(=O)C2. The van der Waals surface area contributed by atoms with Crippen LogP contribution in [0.1, 0.15) is 5.56 Å². The van der Waals surface area contributed by atoms with E-state index in [9.17, 15) is 9.90 Å². The fraction of sp³-hybridized carbons (Fsp3) is 0.222. The van der Waals surface area contributed by atoms with E-state index in [0.717, 1.165) is 5.56 Å². The Morgan fingerprint density at radius 2 is 2.31 bits per heavy atom. The van der Waals surface area contributed by atoms with Crippen molar-refractivity contribution in [1.29, 1.82) is 0 Å². The van der Waals surface area contributed by atoms with E-state index < -0.39 is 0 Å². The zero-order chi connectivity index (χ0) is 9.42. The Labute approximate surface area is 75.1 Å². The van der Waals surface area contributed by atoms with Gasteiger partial charge in [0.25, 0.3) is 0 Å². The highest BCUT2D eigenvalue weighted by molar-refractivity contribution is 6.01. The molecule has 0 radical (unpaired) electrons. The summed E-state index contributed by atoms with van der Waals surface area (Å²) in [7, 11) is 1.47. The van der Waals surface area contributed by atoms with E-state index in [2.05, 4.69) is 5.32 Å². The predicted octanol–water partition coefficient (Wildman–Crippen LogP) is 0.895. The van der Waals surface area contributed by atoms with Crippen LogP contribution in [0.2, 0.25) is 0 Å². The number of benzene rings is 1. The van der Waals surface area contributed by atoms with Crippen molar-refractivity contribution in [2.75, 3.05) is 12.4 Å². The molecule has 1 amide bonds. The number of aromatic hydroxyl groups is 1. The third-order valence-electron chi connectivity index (χ3n) is 2.06. The molecule has 2 N–H and O–H groups in total. The number of ether oxygens (including phenoxy) is 1. The molecular weight excluding hydrogens is 170 g/mol. The molecule has 0 saturated carbocycles. The third-order valence-corrected chi connectivity index (χ3v) is 2.06. The zero-order valence-electron chi connectivity index (χ0n) is 7.13. The molecule has 0 fully saturated rings. The van der Waals surface area contributed by atoms with Gasteiger partial charge in [0.1, 0.15) is 0 Å². The first-order chi connectivity index (χ1) is 6.22. The van der Waals surface area contributed by atoms with Crippen molar-refractivity contribution in [2.24, 2.45) is 0 Å².